The third kappa shape index (κ3) is 3.89. The number of aromatic amines is 1. The molecular formula is C19H16N6O2S. The predicted molar refractivity (Wildman–Crippen MR) is 107 cm³/mol. The lowest BCUT2D eigenvalue weighted by molar-refractivity contribution is -0.119. The number of aromatic nitrogens is 4. The molecular weight excluding hydrogens is 376 g/mol. The fraction of sp³-hybridized carbons (Fsp3) is 0.105. The highest BCUT2D eigenvalue weighted by molar-refractivity contribution is 7.14. The molecule has 0 saturated carbocycles. The third-order valence-electron chi connectivity index (χ3n) is 4.09. The summed E-state index contributed by atoms with van der Waals surface area (Å²) in [4.78, 5) is 27.9. The Morgan fingerprint density at radius 1 is 1.07 bits per heavy atom. The first-order valence-electron chi connectivity index (χ1n) is 8.49. The number of nitrogens with zero attached hydrogens (tertiary/aromatic N) is 3. The first-order valence-corrected chi connectivity index (χ1v) is 9.37. The molecule has 0 radical (unpaired) electrons. The van der Waals surface area contributed by atoms with E-state index in [2.05, 4.69) is 31.0 Å². The Morgan fingerprint density at radius 2 is 1.86 bits per heavy atom. The van der Waals surface area contributed by atoms with E-state index in [1.54, 1.807) is 18.2 Å². The van der Waals surface area contributed by atoms with Gasteiger partial charge in [0.05, 0.1) is 5.69 Å². The largest absolute Gasteiger partial charge is 0.352 e. The van der Waals surface area contributed by atoms with Crippen molar-refractivity contribution in [3.8, 4) is 11.3 Å². The second-order valence-electron chi connectivity index (χ2n) is 6.13. The van der Waals surface area contributed by atoms with Gasteiger partial charge in [-0.15, -0.1) is 11.3 Å². The van der Waals surface area contributed by atoms with Crippen LogP contribution in [0, 0.1) is 0 Å². The zero-order valence-electron chi connectivity index (χ0n) is 14.9. The van der Waals surface area contributed by atoms with Gasteiger partial charge in [0.15, 0.2) is 5.13 Å². The lowest BCUT2D eigenvalue weighted by Gasteiger charge is -2.03. The van der Waals surface area contributed by atoms with Gasteiger partial charge in [0.25, 0.3) is 5.91 Å². The fourth-order valence-corrected chi connectivity index (χ4v) is 3.35. The molecule has 4 aromatic rings. The highest BCUT2D eigenvalue weighted by atomic mass is 32.1. The second kappa shape index (κ2) is 7.57. The van der Waals surface area contributed by atoms with Crippen molar-refractivity contribution in [1.82, 2.24) is 25.7 Å². The van der Waals surface area contributed by atoms with Crippen molar-refractivity contribution in [1.29, 1.82) is 0 Å². The van der Waals surface area contributed by atoms with Gasteiger partial charge in [0, 0.05) is 30.0 Å². The molecule has 3 N–H and O–H groups in total. The Bertz CT molecular complexity index is 1150. The molecule has 2 amide bonds. The molecule has 0 spiro atoms. The molecule has 9 heteroatoms. The summed E-state index contributed by atoms with van der Waals surface area (Å²) in [5.74, 6) is -0.317. The van der Waals surface area contributed by atoms with Gasteiger partial charge in [-0.2, -0.15) is 15.4 Å². The lowest BCUT2D eigenvalue weighted by Crippen LogP contribution is -2.18. The molecule has 140 valence electrons. The van der Waals surface area contributed by atoms with Gasteiger partial charge in [-0.05, 0) is 23.8 Å². The number of carbonyl (C=O) groups is 2. The molecule has 0 aliphatic rings. The Kier molecular flexibility index (Phi) is 4.81. The molecule has 0 saturated heterocycles. The van der Waals surface area contributed by atoms with Crippen LogP contribution >= 0.6 is 11.3 Å². The molecule has 8 nitrogen and oxygen atoms in total. The van der Waals surface area contributed by atoms with Crippen LogP contribution in [0.3, 0.4) is 0 Å². The minimum Gasteiger partial charge on any atom is -0.352 e. The number of thiazole rings is 1. The summed E-state index contributed by atoms with van der Waals surface area (Å²) in [5.41, 5.74) is 4.54. The first kappa shape index (κ1) is 17.8. The maximum atomic E-state index is 12.5. The van der Waals surface area contributed by atoms with Gasteiger partial charge in [-0.3, -0.25) is 14.9 Å². The molecule has 2 heterocycles. The minimum absolute atomic E-state index is 0.0633. The highest BCUT2D eigenvalue weighted by Crippen LogP contribution is 2.25. The molecule has 0 unspecified atom stereocenters. The lowest BCUT2D eigenvalue weighted by atomic mass is 10.1. The molecule has 2 aromatic carbocycles. The number of carbonyl (C=O) groups excluding carboxylic acids is 2. The van der Waals surface area contributed by atoms with Gasteiger partial charge in [0.1, 0.15) is 11.0 Å². The quantitative estimate of drug-likeness (QED) is 0.483. The molecule has 28 heavy (non-hydrogen) atoms. The van der Waals surface area contributed by atoms with Crippen molar-refractivity contribution in [2.75, 3.05) is 5.32 Å². The summed E-state index contributed by atoms with van der Waals surface area (Å²) in [6, 6.07) is 12.9. The molecule has 0 aliphatic heterocycles. The number of fused-ring (bicyclic) bond motifs is 1. The number of amides is 2. The molecule has 0 bridgehead atoms. The van der Waals surface area contributed by atoms with Crippen LogP contribution in [0.25, 0.3) is 22.3 Å². The summed E-state index contributed by atoms with van der Waals surface area (Å²) in [6.45, 7) is 1.98. The van der Waals surface area contributed by atoms with E-state index in [-0.39, 0.29) is 11.8 Å². The number of anilines is 1. The molecule has 0 atom stereocenters. The maximum Gasteiger partial charge on any atom is 0.257 e. The monoisotopic (exact) mass is 392 g/mol. The number of benzene rings is 2. The summed E-state index contributed by atoms with van der Waals surface area (Å²) in [6.07, 6.45) is 0. The van der Waals surface area contributed by atoms with E-state index in [0.29, 0.717) is 28.3 Å². The summed E-state index contributed by atoms with van der Waals surface area (Å²) >= 11 is 1.36. The zero-order chi connectivity index (χ0) is 19.5. The van der Waals surface area contributed by atoms with Crippen LogP contribution in [0.4, 0.5) is 5.13 Å². The Morgan fingerprint density at radius 3 is 2.64 bits per heavy atom. The van der Waals surface area contributed by atoms with Gasteiger partial charge in [-0.1, -0.05) is 24.3 Å². The van der Waals surface area contributed by atoms with E-state index in [1.165, 1.54) is 18.3 Å². The van der Waals surface area contributed by atoms with Crippen molar-refractivity contribution in [2.24, 2.45) is 0 Å². The standard InChI is InChI=1S/C19H16N6O2S/c1-11(26)20-9-12-2-4-13(5-3-12)17-10-28-19(21-17)22-18(27)14-6-7-15-16(8-14)24-25-23-15/h2-8,10H,9H2,1H3,(H,20,26)(H,21,22,27)(H,23,24,25). The van der Waals surface area contributed by atoms with E-state index in [1.807, 2.05) is 29.6 Å². The predicted octanol–water partition coefficient (Wildman–Crippen LogP) is 2.97. The number of H-pyrrole nitrogens is 1. The molecule has 0 fully saturated rings. The van der Waals surface area contributed by atoms with Crippen molar-refractivity contribution < 1.29 is 9.59 Å². The third-order valence-corrected chi connectivity index (χ3v) is 4.85. The Balaban J connectivity index is 1.45. The van der Waals surface area contributed by atoms with E-state index in [0.717, 1.165) is 16.8 Å². The van der Waals surface area contributed by atoms with E-state index in [4.69, 9.17) is 0 Å². The van der Waals surface area contributed by atoms with Crippen molar-refractivity contribution in [3.05, 3.63) is 59.0 Å². The topological polar surface area (TPSA) is 113 Å². The van der Waals surface area contributed by atoms with Gasteiger partial charge >= 0.3 is 0 Å². The SMILES string of the molecule is CC(=O)NCc1ccc(-c2csc(NC(=O)c3ccc4n[nH]nc4c3)n2)cc1. The number of nitrogens with one attached hydrogen (secondary N) is 3. The zero-order valence-corrected chi connectivity index (χ0v) is 15.7. The first-order chi connectivity index (χ1) is 13.6. The van der Waals surface area contributed by atoms with Crippen LogP contribution in [0.1, 0.15) is 22.8 Å². The highest BCUT2D eigenvalue weighted by Gasteiger charge is 2.11. The normalized spacial score (nSPS) is 10.8. The molecule has 0 aliphatic carbocycles. The summed E-state index contributed by atoms with van der Waals surface area (Å²) in [5, 5.41) is 18.5. The van der Waals surface area contributed by atoms with Crippen LogP contribution in [-0.2, 0) is 11.3 Å². The number of rotatable bonds is 5. The van der Waals surface area contributed by atoms with Crippen LogP contribution in [-0.4, -0.2) is 32.2 Å². The van der Waals surface area contributed by atoms with Crippen LogP contribution in [0.5, 0.6) is 0 Å². The van der Waals surface area contributed by atoms with Crippen LogP contribution < -0.4 is 10.6 Å². The summed E-state index contributed by atoms with van der Waals surface area (Å²) < 4.78 is 0. The summed E-state index contributed by atoms with van der Waals surface area (Å²) in [7, 11) is 0. The average Bonchev–Trinajstić information content (AvgIpc) is 3.35. The number of hydrogen-bond donors (Lipinski definition) is 3. The van der Waals surface area contributed by atoms with E-state index in [9.17, 15) is 9.59 Å². The van der Waals surface area contributed by atoms with Gasteiger partial charge in [-0.25, -0.2) is 4.98 Å². The molecule has 4 rings (SSSR count). The number of hydrogen-bond acceptors (Lipinski definition) is 6. The van der Waals surface area contributed by atoms with Crippen molar-refractivity contribution in [2.45, 2.75) is 13.5 Å². The van der Waals surface area contributed by atoms with Crippen molar-refractivity contribution >= 4 is 39.3 Å². The fourth-order valence-electron chi connectivity index (χ4n) is 2.63. The molecule has 2 aromatic heterocycles. The average molecular weight is 392 g/mol. The van der Waals surface area contributed by atoms with E-state index >= 15 is 0 Å². The minimum atomic E-state index is -0.253. The second-order valence-corrected chi connectivity index (χ2v) is 6.98. The Hall–Kier alpha value is -3.59. The Labute approximate surface area is 164 Å². The van der Waals surface area contributed by atoms with E-state index < -0.39 is 0 Å². The van der Waals surface area contributed by atoms with Crippen LogP contribution in [0.2, 0.25) is 0 Å². The van der Waals surface area contributed by atoms with Crippen LogP contribution in [0.15, 0.2) is 47.8 Å². The van der Waals surface area contributed by atoms with Crippen molar-refractivity contribution in [3.63, 3.8) is 0 Å². The van der Waals surface area contributed by atoms with Gasteiger partial charge < -0.3 is 5.32 Å². The van der Waals surface area contributed by atoms with Gasteiger partial charge in [0.2, 0.25) is 5.91 Å². The maximum absolute atomic E-state index is 12.5. The smallest absolute Gasteiger partial charge is 0.257 e.